The van der Waals surface area contributed by atoms with E-state index in [1.54, 1.807) is 0 Å². The normalized spacial score (nSPS) is 11.5. The van der Waals surface area contributed by atoms with Crippen LogP contribution in [0, 0.1) is 0 Å². The van der Waals surface area contributed by atoms with E-state index < -0.39 is 7.60 Å². The third-order valence-corrected chi connectivity index (χ3v) is 1.92. The molecule has 0 aromatic carbocycles. The van der Waals surface area contributed by atoms with E-state index >= 15 is 0 Å². The molecule has 60 valence electrons. The lowest BCUT2D eigenvalue weighted by molar-refractivity contribution is 0.372. The van der Waals surface area contributed by atoms with Crippen LogP contribution < -0.4 is 11.2 Å². The molecule has 0 heterocycles. The quantitative estimate of drug-likeness (QED) is 0.135. The van der Waals surface area contributed by atoms with Gasteiger partial charge in [-0.2, -0.15) is 0 Å². The Morgan fingerprint density at radius 2 is 2.20 bits per heavy atom. The third kappa shape index (κ3) is 8.13. The van der Waals surface area contributed by atoms with Crippen molar-refractivity contribution in [1.29, 1.82) is 0 Å². The molecule has 0 aliphatic rings. The first-order valence-electron chi connectivity index (χ1n) is 3.04. The van der Waals surface area contributed by atoms with Gasteiger partial charge < -0.3 is 15.1 Å². The van der Waals surface area contributed by atoms with Gasteiger partial charge in [0.1, 0.15) is 0 Å². The summed E-state index contributed by atoms with van der Waals surface area (Å²) in [6.07, 6.45) is 1.16. The van der Waals surface area contributed by atoms with Gasteiger partial charge >= 0.3 is 7.60 Å². The Kier molecular flexibility index (Phi) is 4.94. The van der Waals surface area contributed by atoms with Gasteiger partial charge in [-0.05, 0) is 6.42 Å². The molecular weight excluding hydrogens is 154 g/mol. The van der Waals surface area contributed by atoms with Crippen molar-refractivity contribution in [2.45, 2.75) is 12.7 Å². The van der Waals surface area contributed by atoms with Crippen LogP contribution in [0.3, 0.4) is 0 Å². The second-order valence-electron chi connectivity index (χ2n) is 2.05. The third-order valence-electron chi connectivity index (χ3n) is 1.02. The summed E-state index contributed by atoms with van der Waals surface area (Å²) < 4.78 is 10.2. The van der Waals surface area contributed by atoms with Crippen LogP contribution in [-0.4, -0.2) is 23.4 Å². The molecule has 0 radical (unpaired) electrons. The Balaban J connectivity index is 3.13. The summed E-state index contributed by atoms with van der Waals surface area (Å²) in [6.45, 7) is 0. The molecule has 0 saturated heterocycles. The zero-order valence-corrected chi connectivity index (χ0v) is 6.55. The number of hydrazine groups is 1. The maximum absolute atomic E-state index is 10.2. The molecule has 0 aromatic rings. The average molecular weight is 166 g/mol. The predicted octanol–water partition coefficient (Wildman–Crippen LogP) is -1.21. The maximum Gasteiger partial charge on any atom is 0.325 e. The monoisotopic (exact) mass is 166 g/mol. The Hall–Kier alpha value is 0.135. The molecule has 0 unspecified atom stereocenters. The summed E-state index contributed by atoms with van der Waals surface area (Å²) >= 11 is 0. The molecule has 0 atom stereocenters. The molecular formula is C3H12BN2O3P. The highest BCUT2D eigenvalue weighted by molar-refractivity contribution is 7.51. The summed E-state index contributed by atoms with van der Waals surface area (Å²) in [7, 11) is -3.18. The first-order chi connectivity index (χ1) is 4.56. The van der Waals surface area contributed by atoms with E-state index in [1.165, 1.54) is 0 Å². The van der Waals surface area contributed by atoms with Gasteiger partial charge in [0.25, 0.3) is 0 Å². The Labute approximate surface area is 60.4 Å². The highest BCUT2D eigenvalue weighted by Gasteiger charge is 2.10. The topological polar surface area (TPSA) is 95.6 Å². The molecule has 0 bridgehead atoms. The minimum absolute atomic E-state index is 0.0469. The van der Waals surface area contributed by atoms with Crippen LogP contribution in [0.25, 0.3) is 0 Å². The van der Waals surface area contributed by atoms with Gasteiger partial charge in [0.05, 0.1) is 0 Å². The van der Waals surface area contributed by atoms with Gasteiger partial charge in [0, 0.05) is 6.16 Å². The van der Waals surface area contributed by atoms with Crippen molar-refractivity contribution in [3.63, 3.8) is 0 Å². The van der Waals surface area contributed by atoms with Crippen LogP contribution in [0.2, 0.25) is 6.32 Å². The SMILES string of the molecule is NNBCCCP(=O)(O)O. The molecule has 0 rings (SSSR count). The second kappa shape index (κ2) is 4.88. The van der Waals surface area contributed by atoms with Crippen LogP contribution >= 0.6 is 7.60 Å². The smallest absolute Gasteiger partial charge is 0.324 e. The first-order valence-corrected chi connectivity index (χ1v) is 4.84. The van der Waals surface area contributed by atoms with Gasteiger partial charge in [-0.1, -0.05) is 6.32 Å². The van der Waals surface area contributed by atoms with Crippen LogP contribution in [0.1, 0.15) is 6.42 Å². The van der Waals surface area contributed by atoms with Crippen LogP contribution in [0.15, 0.2) is 0 Å². The van der Waals surface area contributed by atoms with Gasteiger partial charge in [-0.25, -0.2) is 0 Å². The Bertz CT molecular complexity index is 127. The fraction of sp³-hybridized carbons (Fsp3) is 1.00. The van der Waals surface area contributed by atoms with E-state index in [2.05, 4.69) is 5.34 Å². The van der Waals surface area contributed by atoms with Gasteiger partial charge in [-0.3, -0.25) is 10.4 Å². The maximum atomic E-state index is 10.2. The predicted molar refractivity (Wildman–Crippen MR) is 40.8 cm³/mol. The van der Waals surface area contributed by atoms with Gasteiger partial charge in [-0.15, -0.1) is 0 Å². The summed E-state index contributed by atoms with van der Waals surface area (Å²) in [5.74, 6) is 4.93. The zero-order valence-electron chi connectivity index (χ0n) is 5.66. The van der Waals surface area contributed by atoms with Crippen molar-refractivity contribution in [1.82, 2.24) is 5.34 Å². The largest absolute Gasteiger partial charge is 0.325 e. The summed E-state index contributed by atoms with van der Waals surface area (Å²) in [5, 5.41) is 2.40. The summed E-state index contributed by atoms with van der Waals surface area (Å²) in [6, 6.07) is 0. The molecule has 7 heteroatoms. The average Bonchev–Trinajstić information content (AvgIpc) is 1.78. The van der Waals surface area contributed by atoms with E-state index in [0.717, 1.165) is 0 Å². The van der Waals surface area contributed by atoms with Crippen molar-refractivity contribution < 1.29 is 14.4 Å². The second-order valence-corrected chi connectivity index (χ2v) is 3.83. The molecule has 5 N–H and O–H groups in total. The Morgan fingerprint density at radius 3 is 2.60 bits per heavy atom. The summed E-state index contributed by atoms with van der Waals surface area (Å²) in [4.78, 5) is 16.8. The standard InChI is InChI=1S/C3H12BN2O3P/c5-6-4-2-1-3-10(7,8)9/h4,6H,1-3,5H2,(H2,7,8,9). The van der Waals surface area contributed by atoms with E-state index in [4.69, 9.17) is 15.6 Å². The molecule has 10 heavy (non-hydrogen) atoms. The van der Waals surface area contributed by atoms with E-state index in [0.29, 0.717) is 20.2 Å². The van der Waals surface area contributed by atoms with Crippen molar-refractivity contribution >= 4 is 15.0 Å². The van der Waals surface area contributed by atoms with E-state index in [-0.39, 0.29) is 6.16 Å². The van der Waals surface area contributed by atoms with Gasteiger partial charge in [0.2, 0.25) is 7.41 Å². The van der Waals surface area contributed by atoms with Crippen LogP contribution in [-0.2, 0) is 4.57 Å². The van der Waals surface area contributed by atoms with Crippen LogP contribution in [0.5, 0.6) is 0 Å². The lowest BCUT2D eigenvalue weighted by Gasteiger charge is -2.01. The number of hydrogen-bond donors (Lipinski definition) is 4. The molecule has 0 spiro atoms. The minimum atomic E-state index is -3.77. The lowest BCUT2D eigenvalue weighted by atomic mass is 9.89. The number of hydrogen-bond acceptors (Lipinski definition) is 3. The number of nitrogens with two attached hydrogens (primary N) is 1. The molecule has 0 fully saturated rings. The van der Waals surface area contributed by atoms with E-state index in [9.17, 15) is 4.57 Å². The molecule has 0 aliphatic carbocycles. The summed E-state index contributed by atoms with van der Waals surface area (Å²) in [5.41, 5.74) is 0. The molecule has 0 aliphatic heterocycles. The van der Waals surface area contributed by atoms with Crippen molar-refractivity contribution in [2.75, 3.05) is 6.16 Å². The zero-order chi connectivity index (χ0) is 8.04. The van der Waals surface area contributed by atoms with Crippen molar-refractivity contribution in [2.24, 2.45) is 5.84 Å². The minimum Gasteiger partial charge on any atom is -0.324 e. The molecule has 0 aromatic heterocycles. The Morgan fingerprint density at radius 1 is 1.60 bits per heavy atom. The molecule has 0 amide bonds. The highest BCUT2D eigenvalue weighted by Crippen LogP contribution is 2.35. The first kappa shape index (κ1) is 10.1. The number of rotatable bonds is 5. The van der Waals surface area contributed by atoms with Crippen molar-refractivity contribution in [3.05, 3.63) is 0 Å². The molecule has 5 nitrogen and oxygen atoms in total. The lowest BCUT2D eigenvalue weighted by Crippen LogP contribution is -2.26. The highest BCUT2D eigenvalue weighted by atomic mass is 31.2. The van der Waals surface area contributed by atoms with E-state index in [1.807, 2.05) is 0 Å². The fourth-order valence-electron chi connectivity index (χ4n) is 0.545. The van der Waals surface area contributed by atoms with Crippen LogP contribution in [0.4, 0.5) is 0 Å². The molecule has 0 saturated carbocycles. The fourth-order valence-corrected chi connectivity index (χ4v) is 1.18. The van der Waals surface area contributed by atoms with Gasteiger partial charge in [0.15, 0.2) is 0 Å². The van der Waals surface area contributed by atoms with Crippen molar-refractivity contribution in [3.8, 4) is 0 Å². The number of nitrogens with one attached hydrogen (secondary N) is 1.